The first-order valence-electron chi connectivity index (χ1n) is 10.3. The third kappa shape index (κ3) is 3.73. The fraction of sp³-hybridized carbons (Fsp3) is 0.600. The van der Waals surface area contributed by atoms with Crippen LogP contribution in [0.5, 0.6) is 0 Å². The summed E-state index contributed by atoms with van der Waals surface area (Å²) in [5.41, 5.74) is 0.850. The number of sulfonamides is 1. The number of hydrogen-bond donors (Lipinski definition) is 0. The molecular weight excluding hydrogens is 394 g/mol. The van der Waals surface area contributed by atoms with Crippen LogP contribution in [-0.2, 0) is 21.4 Å². The second kappa shape index (κ2) is 7.95. The standard InChI is InChI=1S/C20H27N3O5S/c1-2-23-17-9-8-16(14-18(17)28-20(23)25)29(26,27)22-12-10-21(11-13-22)19(24)15-6-4-3-5-7-15/h8-9,14-15H,2-7,10-13H2,1H3. The Kier molecular flexibility index (Phi) is 5.52. The summed E-state index contributed by atoms with van der Waals surface area (Å²) in [6.07, 6.45) is 5.29. The quantitative estimate of drug-likeness (QED) is 0.753. The molecule has 0 bridgehead atoms. The number of benzene rings is 1. The van der Waals surface area contributed by atoms with Crippen molar-refractivity contribution in [2.24, 2.45) is 5.92 Å². The van der Waals surface area contributed by atoms with Crippen LogP contribution in [0.3, 0.4) is 0 Å². The van der Waals surface area contributed by atoms with Crippen molar-refractivity contribution in [1.29, 1.82) is 0 Å². The molecule has 1 saturated carbocycles. The van der Waals surface area contributed by atoms with E-state index in [9.17, 15) is 18.0 Å². The lowest BCUT2D eigenvalue weighted by molar-refractivity contribution is -0.137. The van der Waals surface area contributed by atoms with Gasteiger partial charge in [-0.3, -0.25) is 9.36 Å². The molecule has 1 aliphatic carbocycles. The molecule has 4 rings (SSSR count). The molecule has 0 N–H and O–H groups in total. The maximum atomic E-state index is 13.1. The topological polar surface area (TPSA) is 92.8 Å². The van der Waals surface area contributed by atoms with E-state index in [0.717, 1.165) is 25.7 Å². The molecule has 1 aliphatic heterocycles. The van der Waals surface area contributed by atoms with E-state index in [0.29, 0.717) is 25.2 Å². The summed E-state index contributed by atoms with van der Waals surface area (Å²) >= 11 is 0. The number of amides is 1. The maximum absolute atomic E-state index is 13.1. The SMILES string of the molecule is CCn1c(=O)oc2cc(S(=O)(=O)N3CCN(C(=O)C4CCCCC4)CC3)ccc21. The van der Waals surface area contributed by atoms with Gasteiger partial charge in [-0.05, 0) is 31.9 Å². The number of hydrogen-bond acceptors (Lipinski definition) is 5. The smallest absolute Gasteiger partial charge is 0.408 e. The molecule has 0 atom stereocenters. The Bertz CT molecular complexity index is 1060. The zero-order chi connectivity index (χ0) is 20.6. The normalized spacial score (nSPS) is 19.7. The first-order valence-corrected chi connectivity index (χ1v) is 11.8. The van der Waals surface area contributed by atoms with Crippen molar-refractivity contribution in [3.63, 3.8) is 0 Å². The number of aromatic nitrogens is 1. The first kappa shape index (κ1) is 20.2. The number of oxazole rings is 1. The lowest BCUT2D eigenvalue weighted by atomic mass is 9.88. The summed E-state index contributed by atoms with van der Waals surface area (Å²) in [4.78, 5) is 26.5. The Labute approximate surface area is 170 Å². The molecule has 2 aliphatic rings. The van der Waals surface area contributed by atoms with Gasteiger partial charge in [-0.25, -0.2) is 13.2 Å². The molecule has 29 heavy (non-hydrogen) atoms. The highest BCUT2D eigenvalue weighted by Gasteiger charge is 2.33. The molecule has 0 radical (unpaired) electrons. The fourth-order valence-corrected chi connectivity index (χ4v) is 5.85. The zero-order valence-electron chi connectivity index (χ0n) is 16.7. The lowest BCUT2D eigenvalue weighted by Crippen LogP contribution is -2.52. The summed E-state index contributed by atoms with van der Waals surface area (Å²) < 4.78 is 34.2. The first-order chi connectivity index (χ1) is 13.9. The monoisotopic (exact) mass is 421 g/mol. The number of carbonyl (C=O) groups excluding carboxylic acids is 1. The molecule has 2 heterocycles. The van der Waals surface area contributed by atoms with Crippen molar-refractivity contribution in [3.05, 3.63) is 28.7 Å². The Morgan fingerprint density at radius 3 is 2.45 bits per heavy atom. The van der Waals surface area contributed by atoms with Gasteiger partial charge in [0.25, 0.3) is 0 Å². The number of aryl methyl sites for hydroxylation is 1. The molecule has 0 unspecified atom stereocenters. The molecule has 9 heteroatoms. The van der Waals surface area contributed by atoms with Crippen LogP contribution in [0.4, 0.5) is 0 Å². The summed E-state index contributed by atoms with van der Waals surface area (Å²) in [5, 5.41) is 0. The Balaban J connectivity index is 1.48. The third-order valence-corrected chi connectivity index (χ3v) is 7.99. The predicted octanol–water partition coefficient (Wildman–Crippen LogP) is 2.03. The van der Waals surface area contributed by atoms with E-state index in [4.69, 9.17) is 4.42 Å². The minimum Gasteiger partial charge on any atom is -0.408 e. The number of piperazine rings is 1. The van der Waals surface area contributed by atoms with Gasteiger partial charge in [0, 0.05) is 44.7 Å². The highest BCUT2D eigenvalue weighted by atomic mass is 32.2. The van der Waals surface area contributed by atoms with E-state index >= 15 is 0 Å². The van der Waals surface area contributed by atoms with Crippen molar-refractivity contribution in [1.82, 2.24) is 13.8 Å². The van der Waals surface area contributed by atoms with Gasteiger partial charge in [0.2, 0.25) is 15.9 Å². The van der Waals surface area contributed by atoms with Crippen LogP contribution < -0.4 is 5.76 Å². The fourth-order valence-electron chi connectivity index (χ4n) is 4.41. The number of fused-ring (bicyclic) bond motifs is 1. The molecule has 1 aromatic heterocycles. The molecule has 1 amide bonds. The van der Waals surface area contributed by atoms with Crippen LogP contribution in [0, 0.1) is 5.92 Å². The van der Waals surface area contributed by atoms with E-state index in [-0.39, 0.29) is 35.4 Å². The van der Waals surface area contributed by atoms with Crippen LogP contribution in [0.2, 0.25) is 0 Å². The lowest BCUT2D eigenvalue weighted by Gasteiger charge is -2.36. The van der Waals surface area contributed by atoms with Crippen molar-refractivity contribution < 1.29 is 17.6 Å². The second-order valence-corrected chi connectivity index (χ2v) is 9.74. The van der Waals surface area contributed by atoms with E-state index in [1.54, 1.807) is 6.07 Å². The molecule has 0 spiro atoms. The third-order valence-electron chi connectivity index (χ3n) is 6.10. The zero-order valence-corrected chi connectivity index (χ0v) is 17.5. The minimum atomic E-state index is -3.71. The predicted molar refractivity (Wildman–Crippen MR) is 108 cm³/mol. The van der Waals surface area contributed by atoms with Gasteiger partial charge in [-0.15, -0.1) is 0 Å². The van der Waals surface area contributed by atoms with Gasteiger partial charge >= 0.3 is 5.76 Å². The molecule has 2 aromatic rings. The van der Waals surface area contributed by atoms with Crippen molar-refractivity contribution in [2.45, 2.75) is 50.5 Å². The summed E-state index contributed by atoms with van der Waals surface area (Å²) in [5.74, 6) is -0.224. The van der Waals surface area contributed by atoms with Gasteiger partial charge in [0.15, 0.2) is 5.58 Å². The maximum Gasteiger partial charge on any atom is 0.419 e. The van der Waals surface area contributed by atoms with Crippen molar-refractivity contribution in [3.8, 4) is 0 Å². The van der Waals surface area contributed by atoms with Gasteiger partial charge < -0.3 is 9.32 Å². The van der Waals surface area contributed by atoms with Gasteiger partial charge in [-0.2, -0.15) is 4.31 Å². The van der Waals surface area contributed by atoms with Gasteiger partial charge in [-0.1, -0.05) is 19.3 Å². The van der Waals surface area contributed by atoms with Crippen molar-refractivity contribution >= 4 is 27.0 Å². The number of rotatable bonds is 4. The molecule has 158 valence electrons. The van der Waals surface area contributed by atoms with Crippen LogP contribution >= 0.6 is 0 Å². The highest BCUT2D eigenvalue weighted by molar-refractivity contribution is 7.89. The van der Waals surface area contributed by atoms with E-state index in [2.05, 4.69) is 0 Å². The highest BCUT2D eigenvalue weighted by Crippen LogP contribution is 2.27. The molecular formula is C20H27N3O5S. The minimum absolute atomic E-state index is 0.0971. The van der Waals surface area contributed by atoms with E-state index in [1.807, 2.05) is 11.8 Å². The Hall–Kier alpha value is -2.13. The van der Waals surface area contributed by atoms with Gasteiger partial charge in [0.1, 0.15) is 0 Å². The number of nitrogens with zero attached hydrogens (tertiary/aromatic N) is 3. The van der Waals surface area contributed by atoms with E-state index < -0.39 is 15.8 Å². The van der Waals surface area contributed by atoms with Crippen molar-refractivity contribution in [2.75, 3.05) is 26.2 Å². The molecule has 2 fully saturated rings. The second-order valence-electron chi connectivity index (χ2n) is 7.81. The molecule has 1 aromatic carbocycles. The number of carbonyl (C=O) groups is 1. The van der Waals surface area contributed by atoms with Crippen LogP contribution in [0.25, 0.3) is 11.1 Å². The summed E-state index contributed by atoms with van der Waals surface area (Å²) in [6.45, 7) is 3.66. The van der Waals surface area contributed by atoms with Gasteiger partial charge in [0.05, 0.1) is 10.4 Å². The van der Waals surface area contributed by atoms with E-state index in [1.165, 1.54) is 27.4 Å². The largest absolute Gasteiger partial charge is 0.419 e. The van der Waals surface area contributed by atoms with Crippen LogP contribution in [0.1, 0.15) is 39.0 Å². The van der Waals surface area contributed by atoms with Crippen LogP contribution in [0.15, 0.2) is 32.3 Å². The Morgan fingerprint density at radius 2 is 1.79 bits per heavy atom. The average molecular weight is 422 g/mol. The average Bonchev–Trinajstić information content (AvgIpc) is 3.08. The Morgan fingerprint density at radius 1 is 1.10 bits per heavy atom. The van der Waals surface area contributed by atoms with Crippen LogP contribution in [-0.4, -0.2) is 54.3 Å². The summed E-state index contributed by atoms with van der Waals surface area (Å²) in [7, 11) is -3.71. The molecule has 8 nitrogen and oxygen atoms in total. The summed E-state index contributed by atoms with van der Waals surface area (Å²) in [6, 6.07) is 4.54. The molecule has 1 saturated heterocycles.